The summed E-state index contributed by atoms with van der Waals surface area (Å²) in [5, 5.41) is 0. The molecule has 3 heteroatoms. The molecule has 0 unspecified atom stereocenters. The number of rotatable bonds is 7. The number of aromatic nitrogens is 2. The van der Waals surface area contributed by atoms with Crippen LogP contribution in [0.3, 0.4) is 0 Å². The number of hydrogen-bond donors (Lipinski definition) is 0. The van der Waals surface area contributed by atoms with E-state index in [9.17, 15) is 0 Å². The van der Waals surface area contributed by atoms with Gasteiger partial charge in [0.05, 0.1) is 12.6 Å². The van der Waals surface area contributed by atoms with Gasteiger partial charge in [-0.1, -0.05) is 94.4 Å². The molecule has 198 valence electrons. The molecule has 39 heavy (non-hydrogen) atoms. The van der Waals surface area contributed by atoms with Crippen molar-refractivity contribution < 1.29 is 9.30 Å². The molecule has 4 aromatic carbocycles. The minimum absolute atomic E-state index is 0.333. The molecule has 0 bridgehead atoms. The van der Waals surface area contributed by atoms with E-state index in [2.05, 4.69) is 137 Å². The van der Waals surface area contributed by atoms with Gasteiger partial charge in [0.15, 0.2) is 6.20 Å². The molecule has 0 saturated heterocycles. The van der Waals surface area contributed by atoms with Crippen LogP contribution >= 0.6 is 0 Å². The maximum absolute atomic E-state index is 6.58. The summed E-state index contributed by atoms with van der Waals surface area (Å²) in [4.78, 5) is 0. The average molecular weight is 516 g/mol. The molecule has 0 atom stereocenters. The summed E-state index contributed by atoms with van der Waals surface area (Å²) in [6, 6.07) is 32.3. The number of imidazole rings is 1. The van der Waals surface area contributed by atoms with Crippen molar-refractivity contribution in [3.63, 3.8) is 0 Å². The van der Waals surface area contributed by atoms with Gasteiger partial charge in [0.2, 0.25) is 0 Å². The van der Waals surface area contributed by atoms with Crippen LogP contribution in [0.15, 0.2) is 97.2 Å². The Hall–Kier alpha value is -4.11. The predicted octanol–water partition coefficient (Wildman–Crippen LogP) is 9.29. The van der Waals surface area contributed by atoms with Gasteiger partial charge in [-0.2, -0.15) is 9.13 Å². The van der Waals surface area contributed by atoms with E-state index < -0.39 is 0 Å². The van der Waals surface area contributed by atoms with Gasteiger partial charge in [0, 0.05) is 11.1 Å². The van der Waals surface area contributed by atoms with Gasteiger partial charge < -0.3 is 4.74 Å². The highest BCUT2D eigenvalue weighted by molar-refractivity contribution is 5.71. The zero-order valence-corrected chi connectivity index (χ0v) is 24.2. The fourth-order valence-electron chi connectivity index (χ4n) is 5.34. The van der Waals surface area contributed by atoms with Crippen molar-refractivity contribution in [1.82, 2.24) is 4.57 Å². The van der Waals surface area contributed by atoms with Gasteiger partial charge in [0.1, 0.15) is 11.4 Å². The van der Waals surface area contributed by atoms with Gasteiger partial charge in [0.25, 0.3) is 5.82 Å². The highest BCUT2D eigenvalue weighted by atomic mass is 16.5. The third-order valence-corrected chi connectivity index (χ3v) is 7.57. The first-order valence-corrected chi connectivity index (χ1v) is 13.9. The quantitative estimate of drug-likeness (QED) is 0.198. The molecule has 0 radical (unpaired) electrons. The number of para-hydroxylation sites is 1. The molecule has 0 saturated carbocycles. The fraction of sp³-hybridized carbons (Fsp3) is 0.250. The SMILES string of the molecule is Cc1ccccc1Oc1cn(-c2c(C(C)C)cc(-c3ccccc3)cc2C(C)C)c(-c2ccccc2C)[n+]1C. The average Bonchev–Trinajstić information content (AvgIpc) is 3.25. The number of benzene rings is 4. The zero-order valence-electron chi connectivity index (χ0n) is 24.2. The van der Waals surface area contributed by atoms with Crippen molar-refractivity contribution in [3.8, 4) is 39.8 Å². The Kier molecular flexibility index (Phi) is 7.43. The first-order chi connectivity index (χ1) is 18.8. The predicted molar refractivity (Wildman–Crippen MR) is 162 cm³/mol. The second-order valence-electron chi connectivity index (χ2n) is 11.1. The van der Waals surface area contributed by atoms with Crippen LogP contribution in [0.4, 0.5) is 0 Å². The van der Waals surface area contributed by atoms with E-state index in [1.807, 2.05) is 18.2 Å². The van der Waals surface area contributed by atoms with Gasteiger partial charge in [-0.3, -0.25) is 0 Å². The van der Waals surface area contributed by atoms with E-state index in [-0.39, 0.29) is 0 Å². The van der Waals surface area contributed by atoms with Crippen LogP contribution in [0.1, 0.15) is 61.8 Å². The molecule has 5 aromatic rings. The van der Waals surface area contributed by atoms with Crippen LogP contribution in [0, 0.1) is 13.8 Å². The zero-order chi connectivity index (χ0) is 27.7. The molecule has 0 aliphatic carbocycles. The van der Waals surface area contributed by atoms with Crippen LogP contribution in [-0.4, -0.2) is 4.57 Å². The molecule has 0 N–H and O–H groups in total. The molecule has 1 aromatic heterocycles. The summed E-state index contributed by atoms with van der Waals surface area (Å²) in [6.07, 6.45) is 2.17. The summed E-state index contributed by atoms with van der Waals surface area (Å²) in [5.74, 6) is 3.44. The summed E-state index contributed by atoms with van der Waals surface area (Å²) in [7, 11) is 2.11. The Balaban J connectivity index is 1.82. The Morgan fingerprint density at radius 1 is 0.667 bits per heavy atom. The maximum Gasteiger partial charge on any atom is 0.330 e. The highest BCUT2D eigenvalue weighted by Crippen LogP contribution is 2.39. The minimum Gasteiger partial charge on any atom is -0.420 e. The second-order valence-corrected chi connectivity index (χ2v) is 11.1. The molecule has 0 fully saturated rings. The Morgan fingerprint density at radius 2 is 1.23 bits per heavy atom. The molecule has 1 heterocycles. The number of hydrogen-bond acceptors (Lipinski definition) is 1. The molecule has 0 spiro atoms. The van der Waals surface area contributed by atoms with Crippen LogP contribution in [-0.2, 0) is 7.05 Å². The lowest BCUT2D eigenvalue weighted by Crippen LogP contribution is -2.31. The highest BCUT2D eigenvalue weighted by Gasteiger charge is 2.31. The van der Waals surface area contributed by atoms with Crippen molar-refractivity contribution >= 4 is 0 Å². The van der Waals surface area contributed by atoms with Crippen molar-refractivity contribution in [3.05, 3.63) is 119 Å². The number of aryl methyl sites for hydroxylation is 2. The Bertz CT molecular complexity index is 1580. The monoisotopic (exact) mass is 515 g/mol. The Labute approximate surface area is 233 Å². The summed E-state index contributed by atoms with van der Waals surface area (Å²) >= 11 is 0. The first-order valence-electron chi connectivity index (χ1n) is 13.9. The van der Waals surface area contributed by atoms with Crippen LogP contribution in [0.2, 0.25) is 0 Å². The summed E-state index contributed by atoms with van der Waals surface area (Å²) in [6.45, 7) is 13.4. The van der Waals surface area contributed by atoms with Crippen LogP contribution < -0.4 is 9.30 Å². The van der Waals surface area contributed by atoms with Gasteiger partial charge >= 0.3 is 5.88 Å². The lowest BCUT2D eigenvalue weighted by atomic mass is 9.88. The minimum atomic E-state index is 0.333. The molecular formula is C36H39N2O+. The van der Waals surface area contributed by atoms with E-state index in [0.717, 1.165) is 23.0 Å². The third-order valence-electron chi connectivity index (χ3n) is 7.57. The van der Waals surface area contributed by atoms with E-state index in [1.165, 1.54) is 39.1 Å². The third kappa shape index (κ3) is 5.14. The van der Waals surface area contributed by atoms with E-state index in [0.29, 0.717) is 11.8 Å². The van der Waals surface area contributed by atoms with E-state index >= 15 is 0 Å². The van der Waals surface area contributed by atoms with Crippen molar-refractivity contribution in [2.45, 2.75) is 53.4 Å². The topological polar surface area (TPSA) is 18.0 Å². The largest absolute Gasteiger partial charge is 0.420 e. The van der Waals surface area contributed by atoms with Crippen molar-refractivity contribution in [1.29, 1.82) is 0 Å². The number of nitrogens with zero attached hydrogens (tertiary/aromatic N) is 2. The maximum atomic E-state index is 6.58. The first kappa shape index (κ1) is 26.5. The normalized spacial score (nSPS) is 11.4. The fourth-order valence-corrected chi connectivity index (χ4v) is 5.34. The van der Waals surface area contributed by atoms with E-state index in [1.54, 1.807) is 0 Å². The van der Waals surface area contributed by atoms with Crippen molar-refractivity contribution in [2.75, 3.05) is 0 Å². The van der Waals surface area contributed by atoms with Crippen LogP contribution in [0.25, 0.3) is 28.2 Å². The molecular weight excluding hydrogens is 476 g/mol. The summed E-state index contributed by atoms with van der Waals surface area (Å²) in [5.41, 5.74) is 9.93. The summed E-state index contributed by atoms with van der Waals surface area (Å²) < 4.78 is 11.1. The second kappa shape index (κ2) is 10.9. The van der Waals surface area contributed by atoms with Gasteiger partial charge in [-0.25, -0.2) is 0 Å². The Morgan fingerprint density at radius 3 is 1.82 bits per heavy atom. The molecule has 5 rings (SSSR count). The standard InChI is InChI=1S/C36H39N2O/c1-24(2)31-21-29(28-17-9-8-10-18-28)22-32(25(3)4)35(31)38-23-34(39-33-20-14-12-16-27(33)6)37(7)36(38)30-19-13-11-15-26(30)5/h8-25H,1-7H3/q+1. The number of ether oxygens (including phenoxy) is 1. The molecule has 3 nitrogen and oxygen atoms in total. The lowest BCUT2D eigenvalue weighted by Gasteiger charge is -2.20. The lowest BCUT2D eigenvalue weighted by molar-refractivity contribution is -0.663. The van der Waals surface area contributed by atoms with E-state index in [4.69, 9.17) is 4.74 Å². The smallest absolute Gasteiger partial charge is 0.330 e. The van der Waals surface area contributed by atoms with Crippen LogP contribution in [0.5, 0.6) is 11.6 Å². The molecule has 0 amide bonds. The van der Waals surface area contributed by atoms with Crippen molar-refractivity contribution in [2.24, 2.45) is 7.05 Å². The molecule has 0 aliphatic heterocycles. The van der Waals surface area contributed by atoms with Gasteiger partial charge in [-0.05, 0) is 72.2 Å². The van der Waals surface area contributed by atoms with Gasteiger partial charge in [-0.15, -0.1) is 0 Å². The molecule has 0 aliphatic rings.